The molecule has 0 bridgehead atoms. The van der Waals surface area contributed by atoms with Crippen molar-refractivity contribution >= 4 is 5.91 Å². The van der Waals surface area contributed by atoms with Gasteiger partial charge in [0.2, 0.25) is 5.91 Å². The molecule has 1 unspecified atom stereocenters. The van der Waals surface area contributed by atoms with Gasteiger partial charge in [0.1, 0.15) is 0 Å². The summed E-state index contributed by atoms with van der Waals surface area (Å²) in [5.74, 6) is -0.118. The Morgan fingerprint density at radius 1 is 1.70 bits per heavy atom. The van der Waals surface area contributed by atoms with Gasteiger partial charge < -0.3 is 16.8 Å². The summed E-state index contributed by atoms with van der Waals surface area (Å²) in [5.41, 5.74) is 10.6. The largest absolute Gasteiger partial charge is 0.353 e. The smallest absolute Gasteiger partial charge is 0.236 e. The molecule has 4 heteroatoms. The SMILES string of the molecule is CCC(N)C(=O)NCCN. The van der Waals surface area contributed by atoms with E-state index in [2.05, 4.69) is 5.32 Å². The highest BCUT2D eigenvalue weighted by Crippen LogP contribution is 1.83. The minimum absolute atomic E-state index is 0.118. The quantitative estimate of drug-likeness (QED) is 0.464. The monoisotopic (exact) mass is 145 g/mol. The lowest BCUT2D eigenvalue weighted by molar-refractivity contribution is -0.122. The van der Waals surface area contributed by atoms with Crippen LogP contribution < -0.4 is 16.8 Å². The first-order chi connectivity index (χ1) is 4.72. The van der Waals surface area contributed by atoms with Crippen LogP contribution in [-0.4, -0.2) is 25.0 Å². The molecule has 0 aliphatic rings. The Morgan fingerprint density at radius 3 is 2.70 bits per heavy atom. The number of carbonyl (C=O) groups excluding carboxylic acids is 1. The number of nitrogens with one attached hydrogen (secondary N) is 1. The molecule has 0 heterocycles. The first-order valence-electron chi connectivity index (χ1n) is 3.45. The Balaban J connectivity index is 3.42. The predicted molar refractivity (Wildman–Crippen MR) is 40.3 cm³/mol. The molecular formula is C6H15N3O. The molecule has 60 valence electrons. The van der Waals surface area contributed by atoms with Gasteiger partial charge in [0.25, 0.3) is 0 Å². The fourth-order valence-corrected chi connectivity index (χ4v) is 0.512. The fourth-order valence-electron chi connectivity index (χ4n) is 0.512. The molecule has 0 radical (unpaired) electrons. The molecule has 0 spiro atoms. The van der Waals surface area contributed by atoms with Crippen LogP contribution in [0, 0.1) is 0 Å². The van der Waals surface area contributed by atoms with Crippen LogP contribution >= 0.6 is 0 Å². The molecular weight excluding hydrogens is 130 g/mol. The van der Waals surface area contributed by atoms with Gasteiger partial charge in [-0.25, -0.2) is 0 Å². The summed E-state index contributed by atoms with van der Waals surface area (Å²) in [6.07, 6.45) is 0.663. The Bertz CT molecular complexity index is 105. The van der Waals surface area contributed by atoms with E-state index in [0.717, 1.165) is 0 Å². The molecule has 0 saturated carbocycles. The first kappa shape index (κ1) is 9.39. The summed E-state index contributed by atoms with van der Waals surface area (Å²) in [7, 11) is 0. The Morgan fingerprint density at radius 2 is 2.30 bits per heavy atom. The second-order valence-electron chi connectivity index (χ2n) is 2.09. The maximum Gasteiger partial charge on any atom is 0.236 e. The van der Waals surface area contributed by atoms with Crippen molar-refractivity contribution in [3.05, 3.63) is 0 Å². The van der Waals surface area contributed by atoms with Crippen LogP contribution in [0.2, 0.25) is 0 Å². The van der Waals surface area contributed by atoms with Crippen LogP contribution in [-0.2, 0) is 4.79 Å². The normalized spacial score (nSPS) is 12.7. The van der Waals surface area contributed by atoms with Gasteiger partial charge in [-0.1, -0.05) is 6.92 Å². The molecule has 0 fully saturated rings. The summed E-state index contributed by atoms with van der Waals surface area (Å²) in [6.45, 7) is 2.83. The van der Waals surface area contributed by atoms with E-state index in [9.17, 15) is 4.79 Å². The number of amides is 1. The summed E-state index contributed by atoms with van der Waals surface area (Å²) >= 11 is 0. The lowest BCUT2D eigenvalue weighted by Crippen LogP contribution is -2.41. The Kier molecular flexibility index (Phi) is 4.88. The predicted octanol–water partition coefficient (Wildman–Crippen LogP) is -1.20. The lowest BCUT2D eigenvalue weighted by atomic mass is 10.2. The second-order valence-corrected chi connectivity index (χ2v) is 2.09. The minimum Gasteiger partial charge on any atom is -0.353 e. The molecule has 0 aliphatic heterocycles. The highest BCUT2D eigenvalue weighted by Gasteiger charge is 2.08. The summed E-state index contributed by atoms with van der Waals surface area (Å²) in [5, 5.41) is 2.59. The maximum atomic E-state index is 10.8. The molecule has 0 rings (SSSR count). The van der Waals surface area contributed by atoms with E-state index in [1.165, 1.54) is 0 Å². The number of hydrogen-bond acceptors (Lipinski definition) is 3. The number of nitrogens with two attached hydrogens (primary N) is 2. The molecule has 5 N–H and O–H groups in total. The zero-order chi connectivity index (χ0) is 7.98. The average molecular weight is 145 g/mol. The molecule has 0 saturated heterocycles. The van der Waals surface area contributed by atoms with Crippen molar-refractivity contribution in [2.75, 3.05) is 13.1 Å². The van der Waals surface area contributed by atoms with E-state index in [4.69, 9.17) is 11.5 Å². The van der Waals surface area contributed by atoms with Crippen molar-refractivity contribution in [2.24, 2.45) is 11.5 Å². The first-order valence-corrected chi connectivity index (χ1v) is 3.45. The number of rotatable bonds is 4. The molecule has 0 aliphatic carbocycles. The third-order valence-electron chi connectivity index (χ3n) is 1.22. The van der Waals surface area contributed by atoms with Gasteiger partial charge in [0.15, 0.2) is 0 Å². The van der Waals surface area contributed by atoms with Crippen molar-refractivity contribution in [2.45, 2.75) is 19.4 Å². The van der Waals surface area contributed by atoms with Crippen LogP contribution in [0.4, 0.5) is 0 Å². The minimum atomic E-state index is -0.383. The van der Waals surface area contributed by atoms with Crippen LogP contribution in [0.15, 0.2) is 0 Å². The number of carbonyl (C=O) groups is 1. The Hall–Kier alpha value is -0.610. The standard InChI is InChI=1S/C6H15N3O/c1-2-5(8)6(10)9-4-3-7/h5H,2-4,7-8H2,1H3,(H,9,10). The van der Waals surface area contributed by atoms with Crippen molar-refractivity contribution < 1.29 is 4.79 Å². The van der Waals surface area contributed by atoms with Gasteiger partial charge in [-0.3, -0.25) is 4.79 Å². The van der Waals surface area contributed by atoms with Crippen LogP contribution in [0.3, 0.4) is 0 Å². The van der Waals surface area contributed by atoms with E-state index >= 15 is 0 Å². The fraction of sp³-hybridized carbons (Fsp3) is 0.833. The third-order valence-corrected chi connectivity index (χ3v) is 1.22. The zero-order valence-corrected chi connectivity index (χ0v) is 6.26. The highest BCUT2D eigenvalue weighted by atomic mass is 16.2. The molecule has 0 aromatic carbocycles. The van der Waals surface area contributed by atoms with Gasteiger partial charge in [0, 0.05) is 13.1 Å². The van der Waals surface area contributed by atoms with Gasteiger partial charge in [-0.2, -0.15) is 0 Å². The summed E-state index contributed by atoms with van der Waals surface area (Å²) < 4.78 is 0. The van der Waals surface area contributed by atoms with E-state index in [1.807, 2.05) is 6.92 Å². The molecule has 4 nitrogen and oxygen atoms in total. The van der Waals surface area contributed by atoms with Crippen LogP contribution in [0.25, 0.3) is 0 Å². The van der Waals surface area contributed by atoms with Gasteiger partial charge in [-0.15, -0.1) is 0 Å². The van der Waals surface area contributed by atoms with E-state index in [0.29, 0.717) is 19.5 Å². The topological polar surface area (TPSA) is 81.1 Å². The van der Waals surface area contributed by atoms with Gasteiger partial charge in [-0.05, 0) is 6.42 Å². The van der Waals surface area contributed by atoms with Crippen LogP contribution in [0.1, 0.15) is 13.3 Å². The summed E-state index contributed by atoms with van der Waals surface area (Å²) in [6, 6.07) is -0.383. The number of hydrogen-bond donors (Lipinski definition) is 3. The van der Waals surface area contributed by atoms with Crippen molar-refractivity contribution in [1.29, 1.82) is 0 Å². The highest BCUT2D eigenvalue weighted by molar-refractivity contribution is 5.81. The average Bonchev–Trinajstić information content (AvgIpc) is 1.98. The van der Waals surface area contributed by atoms with Gasteiger partial charge in [0.05, 0.1) is 6.04 Å². The molecule has 0 aromatic heterocycles. The Labute approximate surface area is 61.0 Å². The van der Waals surface area contributed by atoms with E-state index < -0.39 is 0 Å². The van der Waals surface area contributed by atoms with Crippen molar-refractivity contribution in [3.63, 3.8) is 0 Å². The van der Waals surface area contributed by atoms with Gasteiger partial charge >= 0.3 is 0 Å². The second kappa shape index (κ2) is 5.20. The zero-order valence-electron chi connectivity index (χ0n) is 6.26. The van der Waals surface area contributed by atoms with Crippen LogP contribution in [0.5, 0.6) is 0 Å². The molecule has 1 amide bonds. The lowest BCUT2D eigenvalue weighted by Gasteiger charge is -2.07. The van der Waals surface area contributed by atoms with Crippen molar-refractivity contribution in [1.82, 2.24) is 5.32 Å². The molecule has 0 aromatic rings. The summed E-state index contributed by atoms with van der Waals surface area (Å²) in [4.78, 5) is 10.8. The van der Waals surface area contributed by atoms with Crippen molar-refractivity contribution in [3.8, 4) is 0 Å². The third kappa shape index (κ3) is 3.42. The molecule has 10 heavy (non-hydrogen) atoms. The molecule has 1 atom stereocenters. The van der Waals surface area contributed by atoms with E-state index in [-0.39, 0.29) is 11.9 Å². The van der Waals surface area contributed by atoms with E-state index in [1.54, 1.807) is 0 Å². The maximum absolute atomic E-state index is 10.8.